The highest BCUT2D eigenvalue weighted by Gasteiger charge is 2.09. The van der Waals surface area contributed by atoms with Crippen molar-refractivity contribution < 1.29 is 0 Å². The lowest BCUT2D eigenvalue weighted by Gasteiger charge is -2.00. The van der Waals surface area contributed by atoms with Crippen molar-refractivity contribution in [3.05, 3.63) is 75.7 Å². The highest BCUT2D eigenvalue weighted by molar-refractivity contribution is 9.10. The van der Waals surface area contributed by atoms with Crippen LogP contribution in [0.15, 0.2) is 70.7 Å². The Hall–Kier alpha value is -2.42. The first-order chi connectivity index (χ1) is 11.3. The van der Waals surface area contributed by atoms with Gasteiger partial charge in [-0.15, -0.1) is 11.3 Å². The molecule has 0 aliphatic rings. The molecule has 1 N–H and O–H groups in total. The molecule has 3 aromatic rings. The molecule has 0 saturated heterocycles. The van der Waals surface area contributed by atoms with Crippen LogP contribution in [0, 0.1) is 11.3 Å². The molecule has 2 aromatic carbocycles. The van der Waals surface area contributed by atoms with Crippen molar-refractivity contribution >= 4 is 38.5 Å². The lowest BCUT2D eigenvalue weighted by molar-refractivity contribution is 1.36. The van der Waals surface area contributed by atoms with E-state index < -0.39 is 0 Å². The van der Waals surface area contributed by atoms with Crippen LogP contribution in [0.4, 0.5) is 5.69 Å². The molecule has 0 saturated carbocycles. The van der Waals surface area contributed by atoms with Crippen LogP contribution in [0.2, 0.25) is 0 Å². The summed E-state index contributed by atoms with van der Waals surface area (Å²) in [5.41, 5.74) is 3.34. The Morgan fingerprint density at radius 3 is 2.74 bits per heavy atom. The summed E-state index contributed by atoms with van der Waals surface area (Å²) in [6.07, 6.45) is 1.69. The molecule has 0 spiro atoms. The molecule has 1 aromatic heterocycles. The van der Waals surface area contributed by atoms with E-state index in [0.717, 1.165) is 21.4 Å². The minimum atomic E-state index is 0.514. The molecule has 0 aliphatic heterocycles. The number of thiazole rings is 1. The molecular weight excluding hydrogens is 370 g/mol. The summed E-state index contributed by atoms with van der Waals surface area (Å²) in [6, 6.07) is 19.9. The number of nitrogens with zero attached hydrogens (tertiary/aromatic N) is 2. The van der Waals surface area contributed by atoms with Gasteiger partial charge in [-0.25, -0.2) is 4.98 Å². The van der Waals surface area contributed by atoms with Crippen LogP contribution in [0.3, 0.4) is 0 Å². The molecule has 0 aliphatic carbocycles. The van der Waals surface area contributed by atoms with Crippen LogP contribution >= 0.6 is 27.3 Å². The molecule has 0 unspecified atom stereocenters. The number of hydrogen-bond acceptors (Lipinski definition) is 4. The minimum absolute atomic E-state index is 0.514. The first kappa shape index (κ1) is 15.5. The zero-order valence-corrected chi connectivity index (χ0v) is 14.4. The van der Waals surface area contributed by atoms with Gasteiger partial charge in [0.15, 0.2) is 0 Å². The normalized spacial score (nSPS) is 11.0. The monoisotopic (exact) mass is 381 g/mol. The van der Waals surface area contributed by atoms with Crippen LogP contribution in [0.5, 0.6) is 0 Å². The van der Waals surface area contributed by atoms with Gasteiger partial charge in [0.2, 0.25) is 0 Å². The predicted molar refractivity (Wildman–Crippen MR) is 98.9 cm³/mol. The van der Waals surface area contributed by atoms with Gasteiger partial charge in [-0.2, -0.15) is 5.26 Å². The second kappa shape index (κ2) is 7.23. The Labute approximate surface area is 147 Å². The Kier molecular flexibility index (Phi) is 4.86. The Morgan fingerprint density at radius 2 is 2.00 bits per heavy atom. The van der Waals surface area contributed by atoms with E-state index in [1.165, 1.54) is 11.3 Å². The molecule has 0 radical (unpaired) electrons. The Bertz CT molecular complexity index is 879. The van der Waals surface area contributed by atoms with Crippen molar-refractivity contribution in [3.8, 4) is 17.3 Å². The van der Waals surface area contributed by atoms with Gasteiger partial charge in [0.05, 0.1) is 5.69 Å². The van der Waals surface area contributed by atoms with Crippen molar-refractivity contribution in [1.82, 2.24) is 4.98 Å². The van der Waals surface area contributed by atoms with Crippen molar-refractivity contribution in [3.63, 3.8) is 0 Å². The average Bonchev–Trinajstić information content (AvgIpc) is 3.06. The second-order valence-electron chi connectivity index (χ2n) is 4.73. The molecule has 5 heteroatoms. The Morgan fingerprint density at radius 1 is 1.17 bits per heavy atom. The number of anilines is 1. The third-order valence-electron chi connectivity index (χ3n) is 3.13. The molecule has 112 valence electrons. The number of rotatable bonds is 4. The fraction of sp³-hybridized carbons (Fsp3) is 0. The summed E-state index contributed by atoms with van der Waals surface area (Å²) in [7, 11) is 0. The highest BCUT2D eigenvalue weighted by Crippen LogP contribution is 2.27. The molecular formula is C18H12BrN3S. The van der Waals surface area contributed by atoms with E-state index in [1.54, 1.807) is 6.20 Å². The van der Waals surface area contributed by atoms with Crippen molar-refractivity contribution in [2.45, 2.75) is 0 Å². The van der Waals surface area contributed by atoms with Crippen molar-refractivity contribution in [2.75, 3.05) is 5.32 Å². The van der Waals surface area contributed by atoms with Crippen LogP contribution in [0.1, 0.15) is 5.01 Å². The number of allylic oxidation sites excluding steroid dienone is 1. The molecule has 3 nitrogen and oxygen atoms in total. The molecule has 0 amide bonds. The zero-order valence-electron chi connectivity index (χ0n) is 12.0. The van der Waals surface area contributed by atoms with Crippen LogP contribution in [-0.4, -0.2) is 4.98 Å². The van der Waals surface area contributed by atoms with E-state index in [1.807, 2.05) is 60.0 Å². The molecule has 0 fully saturated rings. The van der Waals surface area contributed by atoms with Gasteiger partial charge in [0.1, 0.15) is 16.6 Å². The molecule has 0 bridgehead atoms. The highest BCUT2D eigenvalue weighted by atomic mass is 79.9. The van der Waals surface area contributed by atoms with Crippen LogP contribution < -0.4 is 5.32 Å². The summed E-state index contributed by atoms with van der Waals surface area (Å²) in [4.78, 5) is 4.57. The maximum absolute atomic E-state index is 9.38. The van der Waals surface area contributed by atoms with Gasteiger partial charge in [0, 0.05) is 27.3 Å². The van der Waals surface area contributed by atoms with E-state index in [2.05, 4.69) is 32.3 Å². The SMILES string of the molecule is N#CC(=CNc1ccccc1)c1nc(-c2cccc(Br)c2)cs1. The number of nitriles is 1. The number of nitrogens with one attached hydrogen (secondary N) is 1. The summed E-state index contributed by atoms with van der Waals surface area (Å²) < 4.78 is 1.01. The van der Waals surface area contributed by atoms with Gasteiger partial charge < -0.3 is 5.32 Å². The lowest BCUT2D eigenvalue weighted by atomic mass is 10.2. The Balaban J connectivity index is 1.84. The van der Waals surface area contributed by atoms with Gasteiger partial charge in [-0.3, -0.25) is 0 Å². The molecule has 0 atom stereocenters. The van der Waals surface area contributed by atoms with Crippen molar-refractivity contribution in [2.24, 2.45) is 0 Å². The third kappa shape index (κ3) is 3.86. The number of benzene rings is 2. The standard InChI is InChI=1S/C18H12BrN3S/c19-15-6-4-5-13(9-15)17-12-23-18(22-17)14(10-20)11-21-16-7-2-1-3-8-16/h1-9,11-12,21H. The summed E-state index contributed by atoms with van der Waals surface area (Å²) in [6.45, 7) is 0. The van der Waals surface area contributed by atoms with E-state index in [0.29, 0.717) is 10.6 Å². The molecule has 1 heterocycles. The van der Waals surface area contributed by atoms with Gasteiger partial charge >= 0.3 is 0 Å². The third-order valence-corrected chi connectivity index (χ3v) is 4.50. The van der Waals surface area contributed by atoms with E-state index in [9.17, 15) is 5.26 Å². The van der Waals surface area contributed by atoms with Gasteiger partial charge in [-0.05, 0) is 24.3 Å². The van der Waals surface area contributed by atoms with Crippen molar-refractivity contribution in [1.29, 1.82) is 5.26 Å². The second-order valence-corrected chi connectivity index (χ2v) is 6.50. The fourth-order valence-corrected chi connectivity index (χ4v) is 3.20. The topological polar surface area (TPSA) is 48.7 Å². The lowest BCUT2D eigenvalue weighted by Crippen LogP contribution is -1.90. The van der Waals surface area contributed by atoms with Gasteiger partial charge in [-0.1, -0.05) is 46.3 Å². The first-order valence-electron chi connectivity index (χ1n) is 6.90. The smallest absolute Gasteiger partial charge is 0.136 e. The number of halogens is 1. The fourth-order valence-electron chi connectivity index (χ4n) is 2.01. The summed E-state index contributed by atoms with van der Waals surface area (Å²) >= 11 is 4.92. The van der Waals surface area contributed by atoms with E-state index in [-0.39, 0.29) is 0 Å². The van der Waals surface area contributed by atoms with Crippen LogP contribution in [0.25, 0.3) is 16.8 Å². The van der Waals surface area contributed by atoms with E-state index >= 15 is 0 Å². The maximum atomic E-state index is 9.38. The largest absolute Gasteiger partial charge is 0.360 e. The average molecular weight is 382 g/mol. The number of aromatic nitrogens is 1. The number of para-hydroxylation sites is 1. The van der Waals surface area contributed by atoms with Gasteiger partial charge in [0.25, 0.3) is 0 Å². The number of hydrogen-bond donors (Lipinski definition) is 1. The van der Waals surface area contributed by atoms with Crippen LogP contribution in [-0.2, 0) is 0 Å². The summed E-state index contributed by atoms with van der Waals surface area (Å²) in [5.74, 6) is 0. The maximum Gasteiger partial charge on any atom is 0.136 e. The van der Waals surface area contributed by atoms with E-state index in [4.69, 9.17) is 0 Å². The first-order valence-corrected chi connectivity index (χ1v) is 8.57. The summed E-state index contributed by atoms with van der Waals surface area (Å²) in [5, 5.41) is 15.2. The quantitative estimate of drug-likeness (QED) is 0.602. The predicted octanol–water partition coefficient (Wildman–Crippen LogP) is 5.55. The molecule has 3 rings (SSSR count). The molecule has 23 heavy (non-hydrogen) atoms. The minimum Gasteiger partial charge on any atom is -0.360 e. The zero-order chi connectivity index (χ0) is 16.1.